The molecule has 0 spiro atoms. The maximum absolute atomic E-state index is 13.4. The molecule has 0 aliphatic rings. The van der Waals surface area contributed by atoms with Crippen LogP contribution >= 0.6 is 0 Å². The van der Waals surface area contributed by atoms with Crippen LogP contribution in [-0.4, -0.2) is 17.6 Å². The Morgan fingerprint density at radius 1 is 1.14 bits per heavy atom. The Morgan fingerprint density at radius 2 is 1.86 bits per heavy atom. The summed E-state index contributed by atoms with van der Waals surface area (Å²) in [6, 6.07) is 10.0. The Hall–Kier alpha value is -2.50. The van der Waals surface area contributed by atoms with Crippen molar-refractivity contribution in [1.29, 1.82) is 0 Å². The number of halogens is 3. The molecule has 3 nitrogen and oxygen atoms in total. The molecule has 0 radical (unpaired) electrons. The summed E-state index contributed by atoms with van der Waals surface area (Å²) in [4.78, 5) is 14.5. The van der Waals surface area contributed by atoms with Crippen LogP contribution in [-0.2, 0) is 10.9 Å². The highest BCUT2D eigenvalue weighted by molar-refractivity contribution is 6.10. The lowest BCUT2D eigenvalue weighted by Gasteiger charge is -2.08. The molecule has 114 valence electrons. The highest BCUT2D eigenvalue weighted by Gasteiger charge is 2.39. The summed E-state index contributed by atoms with van der Waals surface area (Å²) in [6.45, 7) is 1.55. The minimum Gasteiger partial charge on any atom is -0.461 e. The second-order valence-electron chi connectivity index (χ2n) is 4.80. The van der Waals surface area contributed by atoms with E-state index in [-0.39, 0.29) is 17.5 Å². The molecular formula is C16H12F3NO2. The Morgan fingerprint density at radius 3 is 2.55 bits per heavy atom. The van der Waals surface area contributed by atoms with E-state index in [0.717, 1.165) is 5.39 Å². The van der Waals surface area contributed by atoms with Crippen LogP contribution < -0.4 is 0 Å². The first-order valence-corrected chi connectivity index (χ1v) is 6.71. The standard InChI is InChI=1S/C16H12F3NO2/c1-2-22-15(21)14-12(16(17,18)19)11-8-7-9-5-3-4-6-10(9)13(11)20-14/h3-8,20H,2H2,1H3. The lowest BCUT2D eigenvalue weighted by molar-refractivity contribution is -0.136. The Bertz CT molecular complexity index is 865. The van der Waals surface area contributed by atoms with Crippen molar-refractivity contribution in [1.82, 2.24) is 4.98 Å². The molecule has 6 heteroatoms. The molecule has 0 atom stereocenters. The first-order valence-electron chi connectivity index (χ1n) is 6.71. The number of alkyl halides is 3. The van der Waals surface area contributed by atoms with E-state index < -0.39 is 23.4 Å². The van der Waals surface area contributed by atoms with Gasteiger partial charge in [0.1, 0.15) is 5.69 Å². The van der Waals surface area contributed by atoms with E-state index >= 15 is 0 Å². The van der Waals surface area contributed by atoms with Gasteiger partial charge >= 0.3 is 12.1 Å². The fourth-order valence-corrected chi connectivity index (χ4v) is 2.59. The zero-order valence-electron chi connectivity index (χ0n) is 11.6. The van der Waals surface area contributed by atoms with Crippen molar-refractivity contribution < 1.29 is 22.7 Å². The number of fused-ring (bicyclic) bond motifs is 3. The molecule has 3 rings (SSSR count). The second-order valence-corrected chi connectivity index (χ2v) is 4.80. The van der Waals surface area contributed by atoms with Gasteiger partial charge in [-0.25, -0.2) is 4.79 Å². The van der Waals surface area contributed by atoms with Crippen LogP contribution in [0, 0.1) is 0 Å². The minimum atomic E-state index is -4.65. The van der Waals surface area contributed by atoms with Crippen LogP contribution in [0.25, 0.3) is 21.7 Å². The largest absolute Gasteiger partial charge is 0.461 e. The number of hydrogen-bond acceptors (Lipinski definition) is 2. The van der Waals surface area contributed by atoms with Crippen molar-refractivity contribution >= 4 is 27.6 Å². The van der Waals surface area contributed by atoms with Crippen molar-refractivity contribution in [3.63, 3.8) is 0 Å². The normalized spacial score (nSPS) is 12.0. The average molecular weight is 307 g/mol. The molecule has 3 aromatic rings. The highest BCUT2D eigenvalue weighted by atomic mass is 19.4. The molecule has 0 amide bonds. The van der Waals surface area contributed by atoms with E-state index in [1.807, 2.05) is 0 Å². The fraction of sp³-hybridized carbons (Fsp3) is 0.188. The quantitative estimate of drug-likeness (QED) is 0.707. The van der Waals surface area contributed by atoms with Gasteiger partial charge in [-0.3, -0.25) is 0 Å². The smallest absolute Gasteiger partial charge is 0.419 e. The summed E-state index contributed by atoms with van der Waals surface area (Å²) in [7, 11) is 0. The number of H-pyrrole nitrogens is 1. The van der Waals surface area contributed by atoms with Gasteiger partial charge < -0.3 is 9.72 Å². The molecule has 1 aromatic heterocycles. The van der Waals surface area contributed by atoms with Gasteiger partial charge in [-0.1, -0.05) is 36.4 Å². The van der Waals surface area contributed by atoms with Crippen LogP contribution in [0.5, 0.6) is 0 Å². The molecule has 1 heterocycles. The second kappa shape index (κ2) is 5.05. The maximum Gasteiger partial charge on any atom is 0.419 e. The van der Waals surface area contributed by atoms with Crippen molar-refractivity contribution in [2.75, 3.05) is 6.61 Å². The summed E-state index contributed by atoms with van der Waals surface area (Å²) >= 11 is 0. The van der Waals surface area contributed by atoms with Crippen LogP contribution in [0.1, 0.15) is 23.0 Å². The van der Waals surface area contributed by atoms with Gasteiger partial charge in [-0.05, 0) is 12.3 Å². The Labute approximate surface area is 123 Å². The van der Waals surface area contributed by atoms with Gasteiger partial charge in [-0.15, -0.1) is 0 Å². The number of hydrogen-bond donors (Lipinski definition) is 1. The van der Waals surface area contributed by atoms with E-state index in [1.165, 1.54) is 6.07 Å². The monoisotopic (exact) mass is 307 g/mol. The predicted molar refractivity (Wildman–Crippen MR) is 76.8 cm³/mol. The number of nitrogens with one attached hydrogen (secondary N) is 1. The summed E-state index contributed by atoms with van der Waals surface area (Å²) in [6.07, 6.45) is -4.65. The van der Waals surface area contributed by atoms with Crippen molar-refractivity contribution in [2.45, 2.75) is 13.1 Å². The number of rotatable bonds is 2. The number of carbonyl (C=O) groups is 1. The number of carbonyl (C=O) groups excluding carboxylic acids is 1. The van der Waals surface area contributed by atoms with Crippen LogP contribution in [0.15, 0.2) is 36.4 Å². The van der Waals surface area contributed by atoms with Gasteiger partial charge in [0.25, 0.3) is 0 Å². The zero-order valence-corrected chi connectivity index (χ0v) is 11.6. The lowest BCUT2D eigenvalue weighted by Crippen LogP contribution is -2.14. The zero-order chi connectivity index (χ0) is 15.9. The summed E-state index contributed by atoms with van der Waals surface area (Å²) < 4.78 is 44.9. The number of esters is 1. The SMILES string of the molecule is CCOC(=O)c1[nH]c2c(ccc3ccccc32)c1C(F)(F)F. The summed E-state index contributed by atoms with van der Waals surface area (Å²) in [5.74, 6) is -1.00. The molecule has 0 aliphatic heterocycles. The van der Waals surface area contributed by atoms with Crippen molar-refractivity contribution in [3.05, 3.63) is 47.7 Å². The number of ether oxygens (including phenoxy) is 1. The minimum absolute atomic E-state index is 0.00619. The van der Waals surface area contributed by atoms with E-state index in [4.69, 9.17) is 4.74 Å². The van der Waals surface area contributed by atoms with Crippen LogP contribution in [0.3, 0.4) is 0 Å². The third-order valence-electron chi connectivity index (χ3n) is 3.46. The maximum atomic E-state index is 13.4. The molecule has 0 saturated carbocycles. The first kappa shape index (κ1) is 14.4. The highest BCUT2D eigenvalue weighted by Crippen LogP contribution is 2.40. The van der Waals surface area contributed by atoms with E-state index in [0.29, 0.717) is 5.39 Å². The summed E-state index contributed by atoms with van der Waals surface area (Å²) in [5, 5.41) is 1.38. The topological polar surface area (TPSA) is 42.1 Å². The van der Waals surface area contributed by atoms with Gasteiger partial charge in [-0.2, -0.15) is 13.2 Å². The van der Waals surface area contributed by atoms with Gasteiger partial charge in [0.2, 0.25) is 0 Å². The Kier molecular flexibility index (Phi) is 3.31. The molecule has 0 aliphatic carbocycles. The molecule has 0 saturated heterocycles. The third kappa shape index (κ3) is 2.20. The molecule has 0 unspecified atom stereocenters. The third-order valence-corrected chi connectivity index (χ3v) is 3.46. The van der Waals surface area contributed by atoms with Crippen molar-refractivity contribution in [3.8, 4) is 0 Å². The van der Waals surface area contributed by atoms with E-state index in [2.05, 4.69) is 4.98 Å². The van der Waals surface area contributed by atoms with Gasteiger partial charge in [0.05, 0.1) is 17.7 Å². The van der Waals surface area contributed by atoms with Crippen LogP contribution in [0.2, 0.25) is 0 Å². The molecular weight excluding hydrogens is 295 g/mol. The number of aromatic amines is 1. The van der Waals surface area contributed by atoms with Gasteiger partial charge in [0.15, 0.2) is 0 Å². The Balaban J connectivity index is 2.39. The first-order chi connectivity index (χ1) is 10.4. The van der Waals surface area contributed by atoms with Crippen molar-refractivity contribution in [2.24, 2.45) is 0 Å². The molecule has 0 fully saturated rings. The molecule has 22 heavy (non-hydrogen) atoms. The summed E-state index contributed by atoms with van der Waals surface area (Å²) in [5.41, 5.74) is -1.25. The number of benzene rings is 2. The van der Waals surface area contributed by atoms with E-state index in [9.17, 15) is 18.0 Å². The molecule has 0 bridgehead atoms. The van der Waals surface area contributed by atoms with Crippen LogP contribution in [0.4, 0.5) is 13.2 Å². The molecule has 2 aromatic carbocycles. The van der Waals surface area contributed by atoms with E-state index in [1.54, 1.807) is 37.3 Å². The number of aromatic nitrogens is 1. The predicted octanol–water partition coefficient (Wildman–Crippen LogP) is 4.52. The van der Waals surface area contributed by atoms with Gasteiger partial charge in [0, 0.05) is 10.8 Å². The fourth-order valence-electron chi connectivity index (χ4n) is 2.59. The molecule has 1 N–H and O–H groups in total. The lowest BCUT2D eigenvalue weighted by atomic mass is 10.0. The average Bonchev–Trinajstić information content (AvgIpc) is 2.87.